The zero-order valence-electron chi connectivity index (χ0n) is 40.6. The summed E-state index contributed by atoms with van der Waals surface area (Å²) < 4.78 is 65.0. The van der Waals surface area contributed by atoms with Gasteiger partial charge in [-0.05, 0) is 113 Å². The molecule has 0 amide bonds. The van der Waals surface area contributed by atoms with Crippen LogP contribution < -0.4 is 34.1 Å². The number of methoxy groups -OCH3 is 4. The Hall–Kier alpha value is -7.56. The van der Waals surface area contributed by atoms with Gasteiger partial charge in [-0.3, -0.25) is 0 Å². The fourth-order valence-electron chi connectivity index (χ4n) is 8.19. The fourth-order valence-corrected chi connectivity index (χ4v) is 9.25. The smallest absolute Gasteiger partial charge is 0.175 e. The molecular formula is C55H55BrFN7O6S. The molecule has 9 rings (SSSR count). The summed E-state index contributed by atoms with van der Waals surface area (Å²) in [6.45, 7) is 2.64. The third kappa shape index (κ3) is 12.1. The largest absolute Gasteiger partial charge is 0.497 e. The zero-order valence-corrected chi connectivity index (χ0v) is 43.0. The lowest BCUT2D eigenvalue weighted by Crippen LogP contribution is -2.22. The average molecular weight is 1040 g/mol. The van der Waals surface area contributed by atoms with E-state index in [1.807, 2.05) is 114 Å². The molecule has 9 aromatic rings. The lowest BCUT2D eigenvalue weighted by Gasteiger charge is -2.27. The number of nitrogens with zero attached hydrogens (tertiary/aromatic N) is 6. The molecule has 16 heteroatoms. The number of sulfone groups is 1. The molecular weight excluding hydrogens is 986 g/mol. The van der Waals surface area contributed by atoms with E-state index < -0.39 is 15.7 Å². The van der Waals surface area contributed by atoms with Gasteiger partial charge in [-0.1, -0.05) is 64.5 Å². The molecule has 0 saturated carbocycles. The minimum atomic E-state index is -3.53. The van der Waals surface area contributed by atoms with Gasteiger partial charge >= 0.3 is 0 Å². The summed E-state index contributed by atoms with van der Waals surface area (Å²) in [6, 6.07) is 44.2. The Labute approximate surface area is 422 Å². The number of benzene rings is 7. The summed E-state index contributed by atoms with van der Waals surface area (Å²) in [7, 11) is 7.04. The Morgan fingerprint density at radius 2 is 0.930 bits per heavy atom. The maximum absolute atomic E-state index is 15.0. The molecule has 0 unspecified atom stereocenters. The van der Waals surface area contributed by atoms with Gasteiger partial charge in [-0.15, -0.1) is 0 Å². The highest BCUT2D eigenvalue weighted by atomic mass is 79.9. The van der Waals surface area contributed by atoms with Crippen molar-refractivity contribution in [1.29, 1.82) is 0 Å². The molecule has 0 bridgehead atoms. The van der Waals surface area contributed by atoms with Gasteiger partial charge in [0.05, 0.1) is 74.1 Å². The first kappa shape index (κ1) is 49.8. The van der Waals surface area contributed by atoms with Crippen LogP contribution in [0.2, 0.25) is 0 Å². The monoisotopic (exact) mass is 1040 g/mol. The van der Waals surface area contributed by atoms with E-state index in [1.165, 1.54) is 23.3 Å². The summed E-state index contributed by atoms with van der Waals surface area (Å²) in [5, 5.41) is 3.14. The van der Waals surface area contributed by atoms with E-state index in [9.17, 15) is 12.8 Å². The van der Waals surface area contributed by atoms with Crippen LogP contribution in [0.1, 0.15) is 22.3 Å². The Morgan fingerprint density at radius 3 is 1.30 bits per heavy atom. The van der Waals surface area contributed by atoms with Gasteiger partial charge in [0, 0.05) is 56.7 Å². The molecule has 0 fully saturated rings. The number of ether oxygens (including phenoxy) is 4. The molecule has 0 radical (unpaired) electrons. The molecule has 7 aromatic carbocycles. The number of hydrogen-bond donors (Lipinski definition) is 1. The molecule has 0 aliphatic heterocycles. The lowest BCUT2D eigenvalue weighted by atomic mass is 10.1. The van der Waals surface area contributed by atoms with Gasteiger partial charge in [0.2, 0.25) is 0 Å². The van der Waals surface area contributed by atoms with Gasteiger partial charge in [0.15, 0.2) is 9.84 Å². The van der Waals surface area contributed by atoms with Crippen molar-refractivity contribution in [1.82, 2.24) is 19.1 Å². The van der Waals surface area contributed by atoms with Crippen LogP contribution >= 0.6 is 15.9 Å². The Kier molecular flexibility index (Phi) is 15.5. The summed E-state index contributed by atoms with van der Waals surface area (Å²) in [5.74, 6) is 2.60. The van der Waals surface area contributed by atoms with E-state index in [0.29, 0.717) is 18.8 Å². The first-order valence-electron chi connectivity index (χ1n) is 22.6. The molecule has 366 valence electrons. The third-order valence-electron chi connectivity index (χ3n) is 12.0. The minimum Gasteiger partial charge on any atom is -0.497 e. The molecule has 0 aliphatic carbocycles. The number of halogens is 2. The van der Waals surface area contributed by atoms with Crippen molar-refractivity contribution >= 4 is 70.6 Å². The first-order chi connectivity index (χ1) is 34.2. The number of aromatic nitrogens is 4. The lowest BCUT2D eigenvalue weighted by molar-refractivity contribution is 0.414. The van der Waals surface area contributed by atoms with Crippen LogP contribution in [0.4, 0.5) is 27.1 Å². The molecule has 0 atom stereocenters. The van der Waals surface area contributed by atoms with Crippen LogP contribution in [0.3, 0.4) is 0 Å². The zero-order chi connectivity index (χ0) is 50.2. The fraction of sp³-hybridized carbons (Fsp3) is 0.200. The average Bonchev–Trinajstić information content (AvgIpc) is 3.95. The van der Waals surface area contributed by atoms with Gasteiger partial charge in [0.25, 0.3) is 0 Å². The van der Waals surface area contributed by atoms with Gasteiger partial charge in [-0.25, -0.2) is 22.8 Å². The van der Waals surface area contributed by atoms with Gasteiger partial charge < -0.3 is 43.2 Å². The van der Waals surface area contributed by atoms with E-state index in [-0.39, 0.29) is 10.6 Å². The number of nitrogens with one attached hydrogen (secondary N) is 1. The standard InChI is InChI=1S/C31H31FN4O4S.C24H24BrN3O2/c1-35-20-33-31-29(35)15-23(34-28-14-13-26(17-27(28)32)41(4,37)38)16-30(31)36(18-21-5-9-24(39-2)10-6-21)19-22-7-11-25(40-3)12-8-22;1-27-16-26-24-22(27)12-19(25)13-23(24)28(14-17-4-8-20(29-2)9-5-17)15-18-6-10-21(30-3)11-7-18/h5-17,20,34H,18-19H2,1-4H3;4-13,16H,14-15H2,1-3H3. The van der Waals surface area contributed by atoms with Gasteiger partial charge in [-0.2, -0.15) is 0 Å². The Bertz CT molecular complexity index is 3270. The Balaban J connectivity index is 0.000000200. The maximum atomic E-state index is 15.0. The van der Waals surface area contributed by atoms with Crippen molar-refractivity contribution in [2.45, 2.75) is 31.1 Å². The van der Waals surface area contributed by atoms with E-state index >= 15 is 0 Å². The maximum Gasteiger partial charge on any atom is 0.175 e. The van der Waals surface area contributed by atoms with E-state index in [0.717, 1.165) is 97.5 Å². The second kappa shape index (κ2) is 22.0. The van der Waals surface area contributed by atoms with Crippen LogP contribution in [0.15, 0.2) is 162 Å². The summed E-state index contributed by atoms with van der Waals surface area (Å²) in [5.41, 5.74) is 11.0. The van der Waals surface area contributed by atoms with Crippen molar-refractivity contribution in [3.63, 3.8) is 0 Å². The SMILES string of the molecule is COc1ccc(CN(Cc2ccc(OC)cc2)c2cc(Br)cc3c2ncn3C)cc1.COc1ccc(CN(Cc2ccc(OC)cc2)c2cc(Nc3ccc(S(C)(=O)=O)cc3F)cc3c2ncn3C)cc1. The highest BCUT2D eigenvalue weighted by Gasteiger charge is 2.20. The second-order valence-electron chi connectivity index (χ2n) is 17.0. The van der Waals surface area contributed by atoms with Crippen LogP contribution in [-0.2, 0) is 50.1 Å². The molecule has 0 saturated heterocycles. The van der Waals surface area contributed by atoms with E-state index in [4.69, 9.17) is 23.9 Å². The highest BCUT2D eigenvalue weighted by molar-refractivity contribution is 9.10. The third-order valence-corrected chi connectivity index (χ3v) is 13.6. The van der Waals surface area contributed by atoms with Crippen molar-refractivity contribution < 1.29 is 31.8 Å². The molecule has 13 nitrogen and oxygen atoms in total. The predicted octanol–water partition coefficient (Wildman–Crippen LogP) is 11.6. The van der Waals surface area contributed by atoms with E-state index in [1.54, 1.807) is 34.8 Å². The van der Waals surface area contributed by atoms with Crippen LogP contribution in [-0.4, -0.2) is 62.2 Å². The summed E-state index contributed by atoms with van der Waals surface area (Å²) in [4.78, 5) is 13.9. The summed E-state index contributed by atoms with van der Waals surface area (Å²) in [6.07, 6.45) is 4.66. The highest BCUT2D eigenvalue weighted by Crippen LogP contribution is 2.36. The quantitative estimate of drug-likeness (QED) is 0.0937. The van der Waals surface area contributed by atoms with Crippen LogP contribution in [0, 0.1) is 5.82 Å². The number of aryl methyl sites for hydroxylation is 2. The number of anilines is 4. The summed E-state index contributed by atoms with van der Waals surface area (Å²) >= 11 is 3.68. The van der Waals surface area contributed by atoms with Crippen molar-refractivity contribution in [3.8, 4) is 23.0 Å². The molecule has 71 heavy (non-hydrogen) atoms. The topological polar surface area (TPSA) is 125 Å². The van der Waals surface area contributed by atoms with Crippen molar-refractivity contribution in [2.75, 3.05) is 49.8 Å². The molecule has 2 heterocycles. The Morgan fingerprint density at radius 1 is 0.549 bits per heavy atom. The van der Waals surface area contributed by atoms with Crippen molar-refractivity contribution in [3.05, 3.63) is 185 Å². The number of fused-ring (bicyclic) bond motifs is 2. The molecule has 1 N–H and O–H groups in total. The first-order valence-corrected chi connectivity index (χ1v) is 25.2. The van der Waals surface area contributed by atoms with Crippen LogP contribution in [0.5, 0.6) is 23.0 Å². The van der Waals surface area contributed by atoms with Crippen LogP contribution in [0.25, 0.3) is 22.1 Å². The number of rotatable bonds is 17. The molecule has 0 aliphatic rings. The molecule has 2 aromatic heterocycles. The number of imidazole rings is 2. The predicted molar refractivity (Wildman–Crippen MR) is 284 cm³/mol. The molecule has 0 spiro atoms. The minimum absolute atomic E-state index is 0.0755. The van der Waals surface area contributed by atoms with E-state index in [2.05, 4.69) is 72.4 Å². The second-order valence-corrected chi connectivity index (χ2v) is 19.9. The van der Waals surface area contributed by atoms with Crippen molar-refractivity contribution in [2.24, 2.45) is 14.1 Å². The number of hydrogen-bond acceptors (Lipinski definition) is 11. The van der Waals surface area contributed by atoms with Gasteiger partial charge in [0.1, 0.15) is 39.8 Å². The normalized spacial score (nSPS) is 11.2.